The van der Waals surface area contributed by atoms with E-state index >= 15 is 0 Å². The average molecular weight is 404 g/mol. The maximum absolute atomic E-state index is 12.4. The molecule has 1 atom stereocenters. The average Bonchev–Trinajstić information content (AvgIpc) is 3.14. The number of nitrogens with zero attached hydrogens (tertiary/aromatic N) is 4. The highest BCUT2D eigenvalue weighted by molar-refractivity contribution is 5.85. The van der Waals surface area contributed by atoms with Crippen molar-refractivity contribution in [3.8, 4) is 0 Å². The molecule has 1 heterocycles. The highest BCUT2D eigenvalue weighted by Gasteiger charge is 2.28. The second-order valence-corrected chi connectivity index (χ2v) is 7.06. The highest BCUT2D eigenvalue weighted by atomic mass is 16.5. The van der Waals surface area contributed by atoms with Gasteiger partial charge in [0.15, 0.2) is 5.82 Å². The summed E-state index contributed by atoms with van der Waals surface area (Å²) in [5.74, 6) is -0.344. The summed E-state index contributed by atoms with van der Waals surface area (Å²) in [5.41, 5.74) is 5.81. The molecule has 0 bridgehead atoms. The molecular formula is C19H28N6O4. The van der Waals surface area contributed by atoms with Crippen molar-refractivity contribution in [3.63, 3.8) is 0 Å². The lowest BCUT2D eigenvalue weighted by Gasteiger charge is -2.23. The molecule has 0 fully saturated rings. The van der Waals surface area contributed by atoms with E-state index in [9.17, 15) is 9.59 Å². The molecular weight excluding hydrogens is 376 g/mol. The molecule has 0 aliphatic carbocycles. The van der Waals surface area contributed by atoms with Crippen molar-refractivity contribution in [2.75, 3.05) is 13.2 Å². The summed E-state index contributed by atoms with van der Waals surface area (Å²) >= 11 is 0. The van der Waals surface area contributed by atoms with Crippen molar-refractivity contribution in [2.24, 2.45) is 5.73 Å². The molecule has 10 heteroatoms. The number of nitrogens with two attached hydrogens (primary N) is 1. The van der Waals surface area contributed by atoms with Crippen LogP contribution in [0.1, 0.15) is 44.6 Å². The number of carbonyl (C=O) groups is 2. The number of tetrazole rings is 1. The molecule has 0 aliphatic heterocycles. The Morgan fingerprint density at radius 2 is 2.00 bits per heavy atom. The fourth-order valence-corrected chi connectivity index (χ4v) is 2.44. The molecule has 0 aliphatic rings. The van der Waals surface area contributed by atoms with E-state index in [4.69, 9.17) is 15.2 Å². The van der Waals surface area contributed by atoms with Crippen LogP contribution in [0.15, 0.2) is 30.3 Å². The molecule has 0 radical (unpaired) electrons. The van der Waals surface area contributed by atoms with Gasteiger partial charge in [0.2, 0.25) is 5.91 Å². The predicted octanol–water partition coefficient (Wildman–Crippen LogP) is 0.738. The molecule has 3 N–H and O–H groups in total. The molecule has 2 aromatic rings. The van der Waals surface area contributed by atoms with Crippen LogP contribution < -0.4 is 11.1 Å². The molecule has 1 amide bonds. The van der Waals surface area contributed by atoms with Gasteiger partial charge in [0, 0.05) is 0 Å². The van der Waals surface area contributed by atoms with Crippen LogP contribution in [0.4, 0.5) is 0 Å². The number of nitrogens with one attached hydrogen (secondary N) is 1. The third-order valence-electron chi connectivity index (χ3n) is 3.99. The minimum Gasteiger partial charge on any atom is -0.466 e. The van der Waals surface area contributed by atoms with E-state index < -0.39 is 11.6 Å². The Labute approximate surface area is 169 Å². The van der Waals surface area contributed by atoms with E-state index in [1.54, 1.807) is 20.8 Å². The summed E-state index contributed by atoms with van der Waals surface area (Å²) in [6.45, 7) is 5.98. The largest absolute Gasteiger partial charge is 0.466 e. The van der Waals surface area contributed by atoms with Crippen molar-refractivity contribution in [1.29, 1.82) is 0 Å². The van der Waals surface area contributed by atoms with Crippen LogP contribution in [0.25, 0.3) is 0 Å². The molecule has 0 spiro atoms. The number of esters is 1. The Kier molecular flexibility index (Phi) is 8.22. The van der Waals surface area contributed by atoms with Crippen molar-refractivity contribution < 1.29 is 19.1 Å². The van der Waals surface area contributed by atoms with E-state index in [1.807, 2.05) is 30.3 Å². The number of rotatable bonds is 11. The minimum absolute atomic E-state index is 0.111. The molecule has 1 aromatic heterocycles. The zero-order chi connectivity index (χ0) is 21.3. The van der Waals surface area contributed by atoms with E-state index in [0.717, 1.165) is 5.56 Å². The Morgan fingerprint density at radius 3 is 2.66 bits per heavy atom. The molecule has 0 saturated heterocycles. The summed E-state index contributed by atoms with van der Waals surface area (Å²) < 4.78 is 12.2. The third-order valence-corrected chi connectivity index (χ3v) is 3.99. The van der Waals surface area contributed by atoms with Gasteiger partial charge in [-0.3, -0.25) is 9.59 Å². The number of hydrogen-bond acceptors (Lipinski definition) is 8. The second-order valence-electron chi connectivity index (χ2n) is 7.06. The van der Waals surface area contributed by atoms with Crippen LogP contribution >= 0.6 is 0 Å². The highest BCUT2D eigenvalue weighted by Crippen LogP contribution is 2.13. The second kappa shape index (κ2) is 10.6. The zero-order valence-corrected chi connectivity index (χ0v) is 17.0. The summed E-state index contributed by atoms with van der Waals surface area (Å²) in [7, 11) is 0. The summed E-state index contributed by atoms with van der Waals surface area (Å²) in [5, 5.41) is 14.4. The Balaban J connectivity index is 2.09. The number of benzene rings is 1. The van der Waals surface area contributed by atoms with E-state index in [2.05, 4.69) is 20.8 Å². The standard InChI is InChI=1S/C19H28N6O4/c1-4-29-16(26)10-11-25-17(22-23-24-25)15(21-18(27)19(2,3)20)13-28-12-14-8-6-5-7-9-14/h5-9,15H,4,10-13,20H2,1-3H3,(H,21,27). The smallest absolute Gasteiger partial charge is 0.307 e. The Morgan fingerprint density at radius 1 is 1.28 bits per heavy atom. The number of amides is 1. The van der Waals surface area contributed by atoms with Crippen molar-refractivity contribution in [3.05, 3.63) is 41.7 Å². The maximum Gasteiger partial charge on any atom is 0.307 e. The lowest BCUT2D eigenvalue weighted by atomic mass is 10.1. The first-order valence-corrected chi connectivity index (χ1v) is 9.44. The normalized spacial score (nSPS) is 12.4. The van der Waals surface area contributed by atoms with Crippen LogP contribution in [0.3, 0.4) is 0 Å². The minimum atomic E-state index is -1.08. The first-order chi connectivity index (χ1) is 13.8. The molecule has 158 valence electrons. The lowest BCUT2D eigenvalue weighted by Crippen LogP contribution is -2.51. The molecule has 29 heavy (non-hydrogen) atoms. The molecule has 2 rings (SSSR count). The summed E-state index contributed by atoms with van der Waals surface area (Å²) in [6, 6.07) is 9.02. The number of hydrogen-bond donors (Lipinski definition) is 2. The number of ether oxygens (including phenoxy) is 2. The van der Waals surface area contributed by atoms with Gasteiger partial charge in [0.25, 0.3) is 0 Å². The van der Waals surface area contributed by atoms with Gasteiger partial charge in [-0.1, -0.05) is 30.3 Å². The number of aryl methyl sites for hydroxylation is 1. The summed E-state index contributed by atoms with van der Waals surface area (Å²) in [6.07, 6.45) is 0.111. The monoisotopic (exact) mass is 404 g/mol. The van der Waals surface area contributed by atoms with Crippen LogP contribution in [-0.2, 0) is 32.2 Å². The molecule has 10 nitrogen and oxygen atoms in total. The van der Waals surface area contributed by atoms with Gasteiger partial charge in [-0.25, -0.2) is 4.68 Å². The van der Waals surface area contributed by atoms with Gasteiger partial charge >= 0.3 is 5.97 Å². The first kappa shape index (κ1) is 22.4. The maximum atomic E-state index is 12.4. The fraction of sp³-hybridized carbons (Fsp3) is 0.526. The lowest BCUT2D eigenvalue weighted by molar-refractivity contribution is -0.143. The predicted molar refractivity (Wildman–Crippen MR) is 104 cm³/mol. The number of carbonyl (C=O) groups excluding carboxylic acids is 2. The van der Waals surface area contributed by atoms with Crippen LogP contribution in [0, 0.1) is 0 Å². The molecule has 1 aromatic carbocycles. The Bertz CT molecular complexity index is 787. The van der Waals surface area contributed by atoms with Crippen molar-refractivity contribution in [2.45, 2.75) is 51.9 Å². The van der Waals surface area contributed by atoms with Gasteiger partial charge in [0.1, 0.15) is 6.04 Å². The van der Waals surface area contributed by atoms with Crippen molar-refractivity contribution >= 4 is 11.9 Å². The number of aromatic nitrogens is 4. The topological polar surface area (TPSA) is 134 Å². The third kappa shape index (κ3) is 7.24. The van der Waals surface area contributed by atoms with Gasteiger partial charge < -0.3 is 20.5 Å². The fourth-order valence-electron chi connectivity index (χ4n) is 2.44. The summed E-state index contributed by atoms with van der Waals surface area (Å²) in [4.78, 5) is 24.1. The van der Waals surface area contributed by atoms with Gasteiger partial charge in [-0.15, -0.1) is 5.10 Å². The Hall–Kier alpha value is -2.85. The van der Waals surface area contributed by atoms with Gasteiger partial charge in [-0.2, -0.15) is 0 Å². The van der Waals surface area contributed by atoms with Gasteiger partial charge in [-0.05, 0) is 36.8 Å². The quantitative estimate of drug-likeness (QED) is 0.524. The van der Waals surface area contributed by atoms with E-state index in [0.29, 0.717) is 19.0 Å². The first-order valence-electron chi connectivity index (χ1n) is 9.44. The molecule has 1 unspecified atom stereocenters. The van der Waals surface area contributed by atoms with Crippen LogP contribution in [0.2, 0.25) is 0 Å². The van der Waals surface area contributed by atoms with E-state index in [1.165, 1.54) is 4.68 Å². The van der Waals surface area contributed by atoms with Crippen LogP contribution in [-0.4, -0.2) is 50.8 Å². The molecule has 0 saturated carbocycles. The van der Waals surface area contributed by atoms with E-state index in [-0.39, 0.29) is 31.4 Å². The van der Waals surface area contributed by atoms with Crippen LogP contribution in [0.5, 0.6) is 0 Å². The SMILES string of the molecule is CCOC(=O)CCn1nnnc1C(COCc1ccccc1)NC(=O)C(C)(C)N. The zero-order valence-electron chi connectivity index (χ0n) is 17.0. The van der Waals surface area contributed by atoms with Crippen molar-refractivity contribution in [1.82, 2.24) is 25.5 Å². The van der Waals surface area contributed by atoms with Gasteiger partial charge in [0.05, 0.1) is 38.3 Å².